The topological polar surface area (TPSA) is 71.2 Å². The van der Waals surface area contributed by atoms with Gasteiger partial charge in [-0.25, -0.2) is 4.98 Å². The maximum atomic E-state index is 11.3. The molecule has 0 spiro atoms. The summed E-state index contributed by atoms with van der Waals surface area (Å²) in [5, 5.41) is 3.37. The third-order valence-electron chi connectivity index (χ3n) is 3.04. The Hall–Kier alpha value is -1.62. The Kier molecular flexibility index (Phi) is 7.65. The quantitative estimate of drug-likeness (QED) is 0.639. The van der Waals surface area contributed by atoms with Crippen molar-refractivity contribution < 1.29 is 4.79 Å². The van der Waals surface area contributed by atoms with Gasteiger partial charge in [0.1, 0.15) is 5.82 Å². The van der Waals surface area contributed by atoms with Crippen LogP contribution in [0.1, 0.15) is 38.7 Å². The molecule has 0 bridgehead atoms. The van der Waals surface area contributed by atoms with Crippen LogP contribution in [0.15, 0.2) is 18.3 Å². The lowest BCUT2D eigenvalue weighted by molar-refractivity contribution is -0.116. The zero-order chi connectivity index (χ0) is 14.8. The second-order valence-corrected chi connectivity index (χ2v) is 4.90. The minimum absolute atomic E-state index is 0.220. The lowest BCUT2D eigenvalue weighted by Gasteiger charge is -2.24. The Morgan fingerprint density at radius 1 is 1.40 bits per heavy atom. The van der Waals surface area contributed by atoms with E-state index in [0.29, 0.717) is 0 Å². The van der Waals surface area contributed by atoms with Crippen molar-refractivity contribution >= 4 is 11.7 Å². The molecule has 0 radical (unpaired) electrons. The zero-order valence-electron chi connectivity index (χ0n) is 12.6. The third-order valence-corrected chi connectivity index (χ3v) is 3.04. The number of hydrogen-bond donors (Lipinski definition) is 2. The SMILES string of the molecule is CCCCN(CC(N)=O)c1ncccc1CNCCC. The lowest BCUT2D eigenvalue weighted by atomic mass is 10.2. The van der Waals surface area contributed by atoms with E-state index in [9.17, 15) is 4.79 Å². The van der Waals surface area contributed by atoms with E-state index in [4.69, 9.17) is 5.73 Å². The number of carbonyl (C=O) groups excluding carboxylic acids is 1. The number of nitrogens with two attached hydrogens (primary N) is 1. The van der Waals surface area contributed by atoms with E-state index in [2.05, 4.69) is 24.1 Å². The summed E-state index contributed by atoms with van der Waals surface area (Å²) in [6.07, 6.45) is 4.95. The van der Waals surface area contributed by atoms with Gasteiger partial charge in [0.2, 0.25) is 5.91 Å². The lowest BCUT2D eigenvalue weighted by Crippen LogP contribution is -2.36. The summed E-state index contributed by atoms with van der Waals surface area (Å²) in [5.74, 6) is 0.544. The Balaban J connectivity index is 2.84. The zero-order valence-corrected chi connectivity index (χ0v) is 12.6. The molecule has 1 heterocycles. The number of nitrogens with zero attached hydrogens (tertiary/aromatic N) is 2. The van der Waals surface area contributed by atoms with Crippen molar-refractivity contribution in [2.24, 2.45) is 5.73 Å². The summed E-state index contributed by atoms with van der Waals surface area (Å²) in [7, 11) is 0. The predicted molar refractivity (Wildman–Crippen MR) is 82.6 cm³/mol. The monoisotopic (exact) mass is 278 g/mol. The van der Waals surface area contributed by atoms with Crippen molar-refractivity contribution in [3.05, 3.63) is 23.9 Å². The van der Waals surface area contributed by atoms with Gasteiger partial charge in [-0.05, 0) is 25.5 Å². The molecule has 5 heteroatoms. The normalized spacial score (nSPS) is 10.5. The fraction of sp³-hybridized carbons (Fsp3) is 0.600. The van der Waals surface area contributed by atoms with Crippen LogP contribution in [0.3, 0.4) is 0 Å². The van der Waals surface area contributed by atoms with Crippen molar-refractivity contribution in [1.82, 2.24) is 10.3 Å². The third kappa shape index (κ3) is 5.57. The largest absolute Gasteiger partial charge is 0.368 e. The molecule has 0 fully saturated rings. The first-order valence-electron chi connectivity index (χ1n) is 7.36. The van der Waals surface area contributed by atoms with Gasteiger partial charge in [-0.15, -0.1) is 0 Å². The molecule has 0 aliphatic rings. The molecule has 0 saturated carbocycles. The second kappa shape index (κ2) is 9.31. The molecule has 5 nitrogen and oxygen atoms in total. The molecule has 1 aromatic heterocycles. The van der Waals surface area contributed by atoms with Gasteiger partial charge in [-0.2, -0.15) is 0 Å². The smallest absolute Gasteiger partial charge is 0.236 e. The average Bonchev–Trinajstić information content (AvgIpc) is 2.44. The predicted octanol–water partition coefficient (Wildman–Crippen LogP) is 1.67. The van der Waals surface area contributed by atoms with Gasteiger partial charge in [0, 0.05) is 24.8 Å². The number of carbonyl (C=O) groups is 1. The minimum Gasteiger partial charge on any atom is -0.368 e. The highest BCUT2D eigenvalue weighted by Gasteiger charge is 2.14. The molecule has 112 valence electrons. The number of hydrogen-bond acceptors (Lipinski definition) is 4. The highest BCUT2D eigenvalue weighted by atomic mass is 16.1. The number of nitrogens with one attached hydrogen (secondary N) is 1. The summed E-state index contributed by atoms with van der Waals surface area (Å²) >= 11 is 0. The fourth-order valence-corrected chi connectivity index (χ4v) is 2.05. The van der Waals surface area contributed by atoms with Gasteiger partial charge >= 0.3 is 0 Å². The molecule has 3 N–H and O–H groups in total. The number of pyridine rings is 1. The van der Waals surface area contributed by atoms with Crippen molar-refractivity contribution in [3.63, 3.8) is 0 Å². The second-order valence-electron chi connectivity index (χ2n) is 4.90. The molecular formula is C15H26N4O. The number of amides is 1. The van der Waals surface area contributed by atoms with E-state index >= 15 is 0 Å². The molecule has 1 amide bonds. The van der Waals surface area contributed by atoms with Gasteiger partial charge in [0.15, 0.2) is 0 Å². The number of aromatic nitrogens is 1. The van der Waals surface area contributed by atoms with Crippen molar-refractivity contribution in [1.29, 1.82) is 0 Å². The Labute approximate surface area is 121 Å². The molecule has 20 heavy (non-hydrogen) atoms. The van der Waals surface area contributed by atoms with Crippen LogP contribution in [-0.2, 0) is 11.3 Å². The van der Waals surface area contributed by atoms with Crippen LogP contribution in [0.5, 0.6) is 0 Å². The first-order chi connectivity index (χ1) is 9.69. The summed E-state index contributed by atoms with van der Waals surface area (Å²) in [6.45, 7) is 7.02. The van der Waals surface area contributed by atoms with E-state index in [1.54, 1.807) is 6.20 Å². The van der Waals surface area contributed by atoms with Crippen LogP contribution >= 0.6 is 0 Å². The van der Waals surface area contributed by atoms with Crippen LogP contribution in [-0.4, -0.2) is 30.5 Å². The Morgan fingerprint density at radius 2 is 2.20 bits per heavy atom. The summed E-state index contributed by atoms with van der Waals surface area (Å²) in [4.78, 5) is 17.7. The number of unbranched alkanes of at least 4 members (excludes halogenated alkanes) is 1. The maximum Gasteiger partial charge on any atom is 0.236 e. The Morgan fingerprint density at radius 3 is 2.85 bits per heavy atom. The summed E-state index contributed by atoms with van der Waals surface area (Å²) in [6, 6.07) is 3.97. The van der Waals surface area contributed by atoms with E-state index < -0.39 is 0 Å². The van der Waals surface area contributed by atoms with Crippen molar-refractivity contribution in [3.8, 4) is 0 Å². The van der Waals surface area contributed by atoms with E-state index in [-0.39, 0.29) is 12.5 Å². The van der Waals surface area contributed by atoms with Gasteiger partial charge < -0.3 is 16.0 Å². The van der Waals surface area contributed by atoms with Crippen LogP contribution in [0.4, 0.5) is 5.82 Å². The first kappa shape index (κ1) is 16.4. The molecule has 0 unspecified atom stereocenters. The average molecular weight is 278 g/mol. The highest BCUT2D eigenvalue weighted by molar-refractivity contribution is 5.79. The van der Waals surface area contributed by atoms with Gasteiger partial charge in [0.25, 0.3) is 0 Å². The Bertz CT molecular complexity index is 409. The standard InChI is InChI=1S/C15H26N4O/c1-3-5-10-19(12-14(16)20)15-13(7-6-9-18-15)11-17-8-4-2/h6-7,9,17H,3-5,8,10-12H2,1-2H3,(H2,16,20). The van der Waals surface area contributed by atoms with Crippen LogP contribution in [0, 0.1) is 0 Å². The van der Waals surface area contributed by atoms with Gasteiger partial charge in [0.05, 0.1) is 6.54 Å². The summed E-state index contributed by atoms with van der Waals surface area (Å²) < 4.78 is 0. The fourth-order valence-electron chi connectivity index (χ4n) is 2.05. The first-order valence-corrected chi connectivity index (χ1v) is 7.36. The van der Waals surface area contributed by atoms with E-state index in [1.807, 2.05) is 17.0 Å². The maximum absolute atomic E-state index is 11.3. The molecule has 1 aromatic rings. The number of anilines is 1. The van der Waals surface area contributed by atoms with Crippen LogP contribution in [0.2, 0.25) is 0 Å². The molecule has 0 saturated heterocycles. The highest BCUT2D eigenvalue weighted by Crippen LogP contribution is 2.17. The molecule has 0 aliphatic carbocycles. The number of rotatable bonds is 10. The van der Waals surface area contributed by atoms with Gasteiger partial charge in [-0.3, -0.25) is 4.79 Å². The molecule has 0 atom stereocenters. The van der Waals surface area contributed by atoms with E-state index in [1.165, 1.54) is 0 Å². The van der Waals surface area contributed by atoms with Gasteiger partial charge in [-0.1, -0.05) is 26.3 Å². The number of primary amides is 1. The molecular weight excluding hydrogens is 252 g/mol. The van der Waals surface area contributed by atoms with Crippen molar-refractivity contribution in [2.75, 3.05) is 24.5 Å². The molecule has 0 aliphatic heterocycles. The molecule has 1 rings (SSSR count). The van der Waals surface area contributed by atoms with Crippen molar-refractivity contribution in [2.45, 2.75) is 39.7 Å². The van der Waals surface area contributed by atoms with Crippen LogP contribution < -0.4 is 16.0 Å². The molecule has 0 aromatic carbocycles. The van der Waals surface area contributed by atoms with E-state index in [0.717, 1.165) is 50.3 Å². The summed E-state index contributed by atoms with van der Waals surface area (Å²) in [5.41, 5.74) is 6.46. The van der Waals surface area contributed by atoms with Crippen LogP contribution in [0.25, 0.3) is 0 Å². The minimum atomic E-state index is -0.320.